The smallest absolute Gasteiger partial charge is 0.0771 e. The third-order valence-corrected chi connectivity index (χ3v) is 1.66. The Labute approximate surface area is 62.8 Å². The summed E-state index contributed by atoms with van der Waals surface area (Å²) in [5.74, 6) is 0. The molecule has 1 aromatic rings. The molecule has 1 aromatic heterocycles. The van der Waals surface area contributed by atoms with Crippen LogP contribution in [0.3, 0.4) is 0 Å². The van der Waals surface area contributed by atoms with Gasteiger partial charge in [0.15, 0.2) is 0 Å². The number of hydrogen-bond donors (Lipinski definition) is 2. The van der Waals surface area contributed by atoms with Gasteiger partial charge in [0, 0.05) is 17.8 Å². The van der Waals surface area contributed by atoms with Gasteiger partial charge in [0.05, 0.1) is 12.3 Å². The second kappa shape index (κ2) is 3.60. The average Bonchev–Trinajstić information content (AvgIpc) is 2.40. The van der Waals surface area contributed by atoms with Crippen molar-refractivity contribution in [1.29, 1.82) is 0 Å². The van der Waals surface area contributed by atoms with Crippen LogP contribution in [-0.2, 0) is 6.42 Å². The highest BCUT2D eigenvalue weighted by atomic mass is 32.1. The minimum atomic E-state index is -0.205. The van der Waals surface area contributed by atoms with E-state index in [4.69, 9.17) is 10.8 Å². The molecule has 0 aliphatic heterocycles. The molecule has 1 atom stereocenters. The molecule has 3 N–H and O–H groups in total. The zero-order valence-electron chi connectivity index (χ0n) is 5.40. The second-order valence-electron chi connectivity index (χ2n) is 2.04. The Morgan fingerprint density at radius 3 is 3.10 bits per heavy atom. The Bertz CT molecular complexity index is 177. The van der Waals surface area contributed by atoms with Crippen molar-refractivity contribution < 1.29 is 5.11 Å². The number of nitrogens with zero attached hydrogens (tertiary/aromatic N) is 2. The van der Waals surface area contributed by atoms with Gasteiger partial charge in [0.1, 0.15) is 0 Å². The molecule has 0 aliphatic carbocycles. The lowest BCUT2D eigenvalue weighted by Crippen LogP contribution is -2.26. The molecule has 0 radical (unpaired) electrons. The van der Waals surface area contributed by atoms with Crippen molar-refractivity contribution in [1.82, 2.24) is 9.59 Å². The van der Waals surface area contributed by atoms with Crippen LogP contribution < -0.4 is 5.73 Å². The Kier molecular flexibility index (Phi) is 2.73. The van der Waals surface area contributed by atoms with E-state index in [-0.39, 0.29) is 12.6 Å². The lowest BCUT2D eigenvalue weighted by atomic mass is 10.2. The van der Waals surface area contributed by atoms with Crippen LogP contribution >= 0.6 is 11.5 Å². The van der Waals surface area contributed by atoms with Crippen LogP contribution in [0.15, 0.2) is 5.38 Å². The molecule has 5 heteroatoms. The highest BCUT2D eigenvalue weighted by Gasteiger charge is 2.03. The predicted octanol–water partition coefficient (Wildman–Crippen LogP) is -0.600. The van der Waals surface area contributed by atoms with Crippen molar-refractivity contribution in [3.05, 3.63) is 11.1 Å². The highest BCUT2D eigenvalue weighted by molar-refractivity contribution is 7.03. The van der Waals surface area contributed by atoms with Gasteiger partial charge in [-0.1, -0.05) is 4.49 Å². The van der Waals surface area contributed by atoms with Gasteiger partial charge in [-0.05, 0) is 11.5 Å². The van der Waals surface area contributed by atoms with E-state index in [0.29, 0.717) is 6.42 Å². The molecule has 0 saturated heterocycles. The van der Waals surface area contributed by atoms with Crippen LogP contribution in [0.5, 0.6) is 0 Å². The van der Waals surface area contributed by atoms with E-state index >= 15 is 0 Å². The van der Waals surface area contributed by atoms with Crippen LogP contribution in [0.1, 0.15) is 5.69 Å². The van der Waals surface area contributed by atoms with Crippen molar-refractivity contribution >= 4 is 11.5 Å². The maximum Gasteiger partial charge on any atom is 0.0771 e. The Balaban J connectivity index is 2.40. The van der Waals surface area contributed by atoms with Crippen molar-refractivity contribution in [3.8, 4) is 0 Å². The first-order valence-electron chi connectivity index (χ1n) is 2.95. The van der Waals surface area contributed by atoms with E-state index in [0.717, 1.165) is 5.69 Å². The summed E-state index contributed by atoms with van der Waals surface area (Å²) in [4.78, 5) is 0. The quantitative estimate of drug-likeness (QED) is 0.617. The summed E-state index contributed by atoms with van der Waals surface area (Å²) in [6.45, 7) is -0.00245. The molecule has 1 rings (SSSR count). The molecule has 56 valence electrons. The Hall–Kier alpha value is -0.520. The molecule has 1 unspecified atom stereocenters. The van der Waals surface area contributed by atoms with Crippen LogP contribution in [0.2, 0.25) is 0 Å². The van der Waals surface area contributed by atoms with E-state index in [2.05, 4.69) is 9.59 Å². The first-order chi connectivity index (χ1) is 4.83. The molecule has 0 amide bonds. The van der Waals surface area contributed by atoms with Gasteiger partial charge in [-0.3, -0.25) is 0 Å². The van der Waals surface area contributed by atoms with Crippen LogP contribution in [0.25, 0.3) is 0 Å². The van der Waals surface area contributed by atoms with Gasteiger partial charge in [-0.15, -0.1) is 5.10 Å². The average molecular weight is 159 g/mol. The molecule has 0 bridgehead atoms. The van der Waals surface area contributed by atoms with Crippen molar-refractivity contribution in [2.75, 3.05) is 6.61 Å². The van der Waals surface area contributed by atoms with Crippen molar-refractivity contribution in [2.45, 2.75) is 12.5 Å². The van der Waals surface area contributed by atoms with Crippen LogP contribution in [0, 0.1) is 0 Å². The van der Waals surface area contributed by atoms with Crippen molar-refractivity contribution in [2.24, 2.45) is 5.73 Å². The molecule has 4 nitrogen and oxygen atoms in total. The summed E-state index contributed by atoms with van der Waals surface area (Å²) >= 11 is 1.29. The zero-order valence-corrected chi connectivity index (χ0v) is 6.21. The van der Waals surface area contributed by atoms with E-state index in [1.165, 1.54) is 11.5 Å². The van der Waals surface area contributed by atoms with Gasteiger partial charge < -0.3 is 10.8 Å². The summed E-state index contributed by atoms with van der Waals surface area (Å²) < 4.78 is 3.66. The summed E-state index contributed by atoms with van der Waals surface area (Å²) in [6.07, 6.45) is 0.604. The summed E-state index contributed by atoms with van der Waals surface area (Å²) in [6, 6.07) is -0.205. The lowest BCUT2D eigenvalue weighted by molar-refractivity contribution is 0.264. The standard InChI is InChI=1S/C5H9N3OS/c6-4(2-9)1-5-3-10-8-7-5/h3-4,9H,1-2,6H2. The maximum absolute atomic E-state index is 8.56. The van der Waals surface area contributed by atoms with Gasteiger partial charge >= 0.3 is 0 Å². The van der Waals surface area contributed by atoms with E-state index < -0.39 is 0 Å². The fourth-order valence-corrected chi connectivity index (χ4v) is 1.07. The lowest BCUT2D eigenvalue weighted by Gasteiger charge is -2.02. The first kappa shape index (κ1) is 7.59. The molecule has 10 heavy (non-hydrogen) atoms. The monoisotopic (exact) mass is 159 g/mol. The first-order valence-corrected chi connectivity index (χ1v) is 3.79. The molecule has 0 saturated carbocycles. The molecule has 0 aromatic carbocycles. The number of hydrogen-bond acceptors (Lipinski definition) is 5. The predicted molar refractivity (Wildman–Crippen MR) is 38.7 cm³/mol. The van der Waals surface area contributed by atoms with Gasteiger partial charge in [-0.2, -0.15) is 0 Å². The number of aliphatic hydroxyl groups excluding tert-OH is 1. The summed E-state index contributed by atoms with van der Waals surface area (Å²) in [5.41, 5.74) is 6.30. The Morgan fingerprint density at radius 1 is 1.80 bits per heavy atom. The largest absolute Gasteiger partial charge is 0.395 e. The van der Waals surface area contributed by atoms with E-state index in [1.807, 2.05) is 5.38 Å². The minimum Gasteiger partial charge on any atom is -0.395 e. The summed E-state index contributed by atoms with van der Waals surface area (Å²) in [5, 5.41) is 14.2. The molecule has 1 heterocycles. The maximum atomic E-state index is 8.56. The third kappa shape index (κ3) is 2.02. The number of aromatic nitrogens is 2. The topological polar surface area (TPSA) is 72.0 Å². The molecule has 0 fully saturated rings. The van der Waals surface area contributed by atoms with E-state index in [9.17, 15) is 0 Å². The number of rotatable bonds is 3. The molecular weight excluding hydrogens is 150 g/mol. The highest BCUT2D eigenvalue weighted by Crippen LogP contribution is 1.99. The molecule has 0 spiro atoms. The number of aliphatic hydroxyl groups is 1. The van der Waals surface area contributed by atoms with Gasteiger partial charge in [-0.25, -0.2) is 0 Å². The number of nitrogens with two attached hydrogens (primary N) is 1. The Morgan fingerprint density at radius 2 is 2.60 bits per heavy atom. The second-order valence-corrected chi connectivity index (χ2v) is 2.65. The van der Waals surface area contributed by atoms with E-state index in [1.54, 1.807) is 0 Å². The van der Waals surface area contributed by atoms with Gasteiger partial charge in [0.2, 0.25) is 0 Å². The molecule has 0 aliphatic rings. The third-order valence-electron chi connectivity index (χ3n) is 1.11. The molecular formula is C5H9N3OS. The minimum absolute atomic E-state index is 0.00245. The fourth-order valence-electron chi connectivity index (χ4n) is 0.606. The van der Waals surface area contributed by atoms with Crippen LogP contribution in [0.4, 0.5) is 0 Å². The SMILES string of the molecule is NC(CO)Cc1csnn1. The zero-order chi connectivity index (χ0) is 7.40. The van der Waals surface area contributed by atoms with Crippen molar-refractivity contribution in [3.63, 3.8) is 0 Å². The van der Waals surface area contributed by atoms with Crippen LogP contribution in [-0.4, -0.2) is 27.3 Å². The van der Waals surface area contributed by atoms with Gasteiger partial charge in [0.25, 0.3) is 0 Å². The fraction of sp³-hybridized carbons (Fsp3) is 0.600. The normalized spacial score (nSPS) is 13.4. The summed E-state index contributed by atoms with van der Waals surface area (Å²) in [7, 11) is 0.